The van der Waals surface area contributed by atoms with E-state index in [1.165, 1.54) is 30.9 Å². The zero-order valence-corrected chi connectivity index (χ0v) is 7.91. The van der Waals surface area contributed by atoms with Gasteiger partial charge in [-0.1, -0.05) is 6.07 Å². The van der Waals surface area contributed by atoms with Crippen LogP contribution in [-0.4, -0.2) is 17.1 Å². The van der Waals surface area contributed by atoms with Gasteiger partial charge in [-0.15, -0.1) is 0 Å². The molecule has 0 spiro atoms. The Morgan fingerprint density at radius 2 is 2.29 bits per heavy atom. The maximum absolute atomic E-state index is 12.6. The molecule has 0 amide bonds. The zero-order valence-electron chi connectivity index (χ0n) is 7.91. The number of hydrogen-bond donors (Lipinski definition) is 1. The Bertz CT molecular complexity index is 336. The molecule has 1 N–H and O–H groups in total. The van der Waals surface area contributed by atoms with Crippen molar-refractivity contribution in [3.63, 3.8) is 0 Å². The highest BCUT2D eigenvalue weighted by Gasteiger charge is 2.39. The van der Waals surface area contributed by atoms with E-state index >= 15 is 0 Å². The van der Waals surface area contributed by atoms with Gasteiger partial charge in [0, 0.05) is 24.2 Å². The molecule has 14 heavy (non-hydrogen) atoms. The lowest BCUT2D eigenvalue weighted by Gasteiger charge is -2.19. The van der Waals surface area contributed by atoms with Gasteiger partial charge in [-0.25, -0.2) is 4.98 Å². The Morgan fingerprint density at radius 3 is 2.86 bits per heavy atom. The van der Waals surface area contributed by atoms with Crippen LogP contribution >= 0.6 is 0 Å². The molecular weight excluding hydrogens is 179 g/mol. The van der Waals surface area contributed by atoms with E-state index in [9.17, 15) is 4.39 Å². The Hall–Kier alpha value is -0.960. The highest BCUT2D eigenvalue weighted by atomic mass is 19.1. The number of aromatic nitrogens is 1. The van der Waals surface area contributed by atoms with Gasteiger partial charge in [-0.3, -0.25) is 0 Å². The van der Waals surface area contributed by atoms with Crippen LogP contribution in [0.15, 0.2) is 18.3 Å². The molecule has 3 heterocycles. The van der Waals surface area contributed by atoms with Gasteiger partial charge in [0.1, 0.15) is 0 Å². The number of nitrogens with zero attached hydrogens (tertiary/aromatic N) is 1. The van der Waals surface area contributed by atoms with E-state index in [-0.39, 0.29) is 5.95 Å². The standard InChI is InChI=1S/C11H13FN2/c12-11-4-1-7(6-13-11)9-5-8-2-3-10(9)14-8/h1,4,6,8-10,14H,2-3,5H2/t8-,9?,10+/m0/s1. The van der Waals surface area contributed by atoms with Gasteiger partial charge in [-0.2, -0.15) is 4.39 Å². The molecule has 1 unspecified atom stereocenters. The van der Waals surface area contributed by atoms with Crippen LogP contribution in [0.25, 0.3) is 0 Å². The molecule has 3 atom stereocenters. The smallest absolute Gasteiger partial charge is 0.212 e. The third kappa shape index (κ3) is 1.23. The average Bonchev–Trinajstić information content (AvgIpc) is 2.80. The highest BCUT2D eigenvalue weighted by Crippen LogP contribution is 2.39. The van der Waals surface area contributed by atoms with Crippen LogP contribution in [0.1, 0.15) is 30.7 Å². The lowest BCUT2D eigenvalue weighted by Crippen LogP contribution is -2.21. The molecule has 0 saturated carbocycles. The van der Waals surface area contributed by atoms with Crippen LogP contribution in [0.4, 0.5) is 4.39 Å². The maximum Gasteiger partial charge on any atom is 0.212 e. The molecule has 2 nitrogen and oxygen atoms in total. The number of nitrogens with one attached hydrogen (secondary N) is 1. The van der Waals surface area contributed by atoms with Crippen LogP contribution < -0.4 is 5.32 Å². The van der Waals surface area contributed by atoms with Crippen molar-refractivity contribution in [2.75, 3.05) is 0 Å². The molecule has 0 aliphatic carbocycles. The van der Waals surface area contributed by atoms with Crippen molar-refractivity contribution >= 4 is 0 Å². The van der Waals surface area contributed by atoms with Gasteiger partial charge >= 0.3 is 0 Å². The van der Waals surface area contributed by atoms with Gasteiger partial charge in [0.15, 0.2) is 0 Å². The number of halogens is 1. The van der Waals surface area contributed by atoms with Crippen LogP contribution in [0.2, 0.25) is 0 Å². The number of pyridine rings is 1. The van der Waals surface area contributed by atoms with Crippen molar-refractivity contribution in [2.24, 2.45) is 0 Å². The van der Waals surface area contributed by atoms with Crippen molar-refractivity contribution in [3.05, 3.63) is 29.8 Å². The molecule has 74 valence electrons. The van der Waals surface area contributed by atoms with Crippen molar-refractivity contribution in [3.8, 4) is 0 Å². The molecule has 1 aromatic rings. The van der Waals surface area contributed by atoms with Crippen molar-refractivity contribution in [1.82, 2.24) is 10.3 Å². The minimum Gasteiger partial charge on any atom is -0.311 e. The van der Waals surface area contributed by atoms with Crippen LogP contribution in [0.5, 0.6) is 0 Å². The van der Waals surface area contributed by atoms with Gasteiger partial charge in [-0.05, 0) is 30.9 Å². The number of fused-ring (bicyclic) bond motifs is 2. The van der Waals surface area contributed by atoms with Gasteiger partial charge < -0.3 is 5.32 Å². The fourth-order valence-electron chi connectivity index (χ4n) is 2.80. The van der Waals surface area contributed by atoms with Crippen molar-refractivity contribution in [1.29, 1.82) is 0 Å². The summed E-state index contributed by atoms with van der Waals surface area (Å²) in [4.78, 5) is 3.71. The minimum atomic E-state index is -0.384. The van der Waals surface area contributed by atoms with E-state index in [1.807, 2.05) is 6.07 Å². The molecule has 2 fully saturated rings. The number of rotatable bonds is 1. The van der Waals surface area contributed by atoms with E-state index < -0.39 is 0 Å². The van der Waals surface area contributed by atoms with Gasteiger partial charge in [0.05, 0.1) is 0 Å². The average molecular weight is 192 g/mol. The third-order valence-corrected chi connectivity index (χ3v) is 3.48. The Morgan fingerprint density at radius 1 is 1.36 bits per heavy atom. The Labute approximate surface area is 82.5 Å². The molecule has 3 heteroatoms. The lowest BCUT2D eigenvalue weighted by molar-refractivity contribution is 0.502. The first-order chi connectivity index (χ1) is 6.83. The topological polar surface area (TPSA) is 24.9 Å². The summed E-state index contributed by atoms with van der Waals surface area (Å²) in [6.07, 6.45) is 5.43. The monoisotopic (exact) mass is 192 g/mol. The van der Waals surface area contributed by atoms with E-state index in [1.54, 1.807) is 6.20 Å². The highest BCUT2D eigenvalue weighted by molar-refractivity contribution is 5.22. The maximum atomic E-state index is 12.6. The molecule has 1 aromatic heterocycles. The third-order valence-electron chi connectivity index (χ3n) is 3.48. The second kappa shape index (κ2) is 3.02. The Kier molecular flexibility index (Phi) is 1.80. The summed E-state index contributed by atoms with van der Waals surface area (Å²) in [5.41, 5.74) is 1.19. The van der Waals surface area contributed by atoms with Crippen LogP contribution in [0, 0.1) is 5.95 Å². The summed E-state index contributed by atoms with van der Waals surface area (Å²) in [7, 11) is 0. The number of hydrogen-bond acceptors (Lipinski definition) is 2. The fourth-order valence-corrected chi connectivity index (χ4v) is 2.80. The van der Waals surface area contributed by atoms with Gasteiger partial charge in [0.25, 0.3) is 0 Å². The van der Waals surface area contributed by atoms with Crippen molar-refractivity contribution in [2.45, 2.75) is 37.3 Å². The largest absolute Gasteiger partial charge is 0.311 e. The van der Waals surface area contributed by atoms with E-state index in [4.69, 9.17) is 0 Å². The SMILES string of the molecule is Fc1ccc(C2C[C@@H]3CC[C@H]2N3)cn1. The lowest BCUT2D eigenvalue weighted by atomic mass is 9.85. The second-order valence-electron chi connectivity index (χ2n) is 4.30. The second-order valence-corrected chi connectivity index (χ2v) is 4.30. The first-order valence-corrected chi connectivity index (χ1v) is 5.20. The first-order valence-electron chi connectivity index (χ1n) is 5.20. The Balaban J connectivity index is 1.86. The summed E-state index contributed by atoms with van der Waals surface area (Å²) in [6, 6.07) is 4.62. The normalized spacial score (nSPS) is 35.1. The zero-order chi connectivity index (χ0) is 9.54. The molecular formula is C11H13FN2. The van der Waals surface area contributed by atoms with Crippen molar-refractivity contribution < 1.29 is 4.39 Å². The summed E-state index contributed by atoms with van der Waals surface area (Å²) in [6.45, 7) is 0. The predicted octanol–water partition coefficient (Wildman–Crippen LogP) is 1.83. The molecule has 2 saturated heterocycles. The van der Waals surface area contributed by atoms with E-state index in [2.05, 4.69) is 10.3 Å². The van der Waals surface area contributed by atoms with Crippen LogP contribution in [-0.2, 0) is 0 Å². The van der Waals surface area contributed by atoms with E-state index in [0.717, 1.165) is 0 Å². The summed E-state index contributed by atoms with van der Waals surface area (Å²) >= 11 is 0. The molecule has 2 bridgehead atoms. The molecule has 3 rings (SSSR count). The minimum absolute atomic E-state index is 0.384. The summed E-state index contributed by atoms with van der Waals surface area (Å²) in [5, 5.41) is 3.57. The molecule has 0 aromatic carbocycles. The van der Waals surface area contributed by atoms with Gasteiger partial charge in [0.2, 0.25) is 5.95 Å². The molecule has 2 aliphatic rings. The summed E-state index contributed by atoms with van der Waals surface area (Å²) in [5.74, 6) is 0.173. The first kappa shape index (κ1) is 8.36. The quantitative estimate of drug-likeness (QED) is 0.687. The van der Waals surface area contributed by atoms with E-state index in [0.29, 0.717) is 18.0 Å². The van der Waals surface area contributed by atoms with Crippen LogP contribution in [0.3, 0.4) is 0 Å². The summed E-state index contributed by atoms with van der Waals surface area (Å²) < 4.78 is 12.6. The predicted molar refractivity (Wildman–Crippen MR) is 51.5 cm³/mol. The molecule has 2 aliphatic heterocycles. The molecule has 0 radical (unpaired) electrons. The fraction of sp³-hybridized carbons (Fsp3) is 0.545.